The first kappa shape index (κ1) is 10.6. The molecule has 0 aliphatic carbocycles. The quantitative estimate of drug-likeness (QED) is 0.530. The number of pyridine rings is 1. The van der Waals surface area contributed by atoms with Gasteiger partial charge in [0, 0.05) is 6.07 Å². The summed E-state index contributed by atoms with van der Waals surface area (Å²) in [5, 5.41) is 19.2. The highest BCUT2D eigenvalue weighted by atomic mass is 16.6. The number of nitrogens with zero attached hydrogens (tertiary/aromatic N) is 2. The van der Waals surface area contributed by atoms with Gasteiger partial charge in [0.2, 0.25) is 0 Å². The van der Waals surface area contributed by atoms with Gasteiger partial charge in [-0.1, -0.05) is 0 Å². The molecule has 0 saturated carbocycles. The lowest BCUT2D eigenvalue weighted by atomic mass is 10.00. The Morgan fingerprint density at radius 1 is 1.71 bits per heavy atom. The van der Waals surface area contributed by atoms with E-state index in [0.717, 1.165) is 6.20 Å². The number of hydrogen-bond donors (Lipinski definition) is 2. The molecule has 6 heteroatoms. The van der Waals surface area contributed by atoms with Crippen LogP contribution in [-0.2, 0) is 5.54 Å². The number of rotatable bonds is 3. The first-order valence-corrected chi connectivity index (χ1v) is 3.98. The molecule has 0 aromatic carbocycles. The highest BCUT2D eigenvalue weighted by Gasteiger charge is 2.22. The Morgan fingerprint density at radius 2 is 2.36 bits per heavy atom. The summed E-state index contributed by atoms with van der Waals surface area (Å²) in [4.78, 5) is 13.6. The maximum absolute atomic E-state index is 10.3. The van der Waals surface area contributed by atoms with Crippen molar-refractivity contribution >= 4 is 5.69 Å². The maximum atomic E-state index is 10.3. The molecule has 0 amide bonds. The van der Waals surface area contributed by atoms with Crippen LogP contribution < -0.4 is 5.73 Å². The molecule has 1 aromatic rings. The lowest BCUT2D eigenvalue weighted by Gasteiger charge is -2.20. The molecule has 1 rings (SSSR count). The lowest BCUT2D eigenvalue weighted by Crippen LogP contribution is -2.37. The van der Waals surface area contributed by atoms with Crippen molar-refractivity contribution in [3.63, 3.8) is 0 Å². The molecule has 1 atom stereocenters. The van der Waals surface area contributed by atoms with Gasteiger partial charge in [-0.25, -0.2) is 0 Å². The molecule has 0 radical (unpaired) electrons. The van der Waals surface area contributed by atoms with Gasteiger partial charge in [-0.2, -0.15) is 0 Å². The molecule has 0 saturated heterocycles. The maximum Gasteiger partial charge on any atom is 0.287 e. The monoisotopic (exact) mass is 197 g/mol. The van der Waals surface area contributed by atoms with Gasteiger partial charge in [0.1, 0.15) is 6.20 Å². The Hall–Kier alpha value is -1.53. The third kappa shape index (κ3) is 2.04. The van der Waals surface area contributed by atoms with Gasteiger partial charge in [0.25, 0.3) is 5.69 Å². The lowest BCUT2D eigenvalue weighted by molar-refractivity contribution is -0.385. The Labute approximate surface area is 80.5 Å². The standard InChI is InChI=1S/C8H11N3O3/c1-8(9,5-12)7-3-2-6(4-10-7)11(13)14/h2-4,12H,5,9H2,1H3/t8-/m1/s1. The SMILES string of the molecule is C[C@@](N)(CO)c1ccc([N+](=O)[O-])cn1. The van der Waals surface area contributed by atoms with Crippen molar-refractivity contribution in [2.45, 2.75) is 12.5 Å². The molecule has 0 spiro atoms. The smallest absolute Gasteiger partial charge is 0.287 e. The van der Waals surface area contributed by atoms with E-state index < -0.39 is 10.5 Å². The molecule has 0 aliphatic heterocycles. The van der Waals surface area contributed by atoms with Gasteiger partial charge in [-0.05, 0) is 13.0 Å². The zero-order valence-corrected chi connectivity index (χ0v) is 7.67. The van der Waals surface area contributed by atoms with E-state index in [4.69, 9.17) is 10.8 Å². The van der Waals surface area contributed by atoms with E-state index in [1.807, 2.05) is 0 Å². The predicted molar refractivity (Wildman–Crippen MR) is 49.5 cm³/mol. The molecule has 0 fully saturated rings. The number of aromatic nitrogens is 1. The van der Waals surface area contributed by atoms with Crippen molar-refractivity contribution in [3.8, 4) is 0 Å². The van der Waals surface area contributed by atoms with Crippen molar-refractivity contribution < 1.29 is 10.0 Å². The summed E-state index contributed by atoms with van der Waals surface area (Å²) in [6, 6.07) is 2.75. The summed E-state index contributed by atoms with van der Waals surface area (Å²) in [6.45, 7) is 1.33. The van der Waals surface area contributed by atoms with Crippen molar-refractivity contribution in [1.29, 1.82) is 0 Å². The Kier molecular flexibility index (Phi) is 2.78. The molecule has 3 N–H and O–H groups in total. The minimum absolute atomic E-state index is 0.0949. The van der Waals surface area contributed by atoms with E-state index in [0.29, 0.717) is 5.69 Å². The van der Waals surface area contributed by atoms with E-state index in [-0.39, 0.29) is 12.3 Å². The van der Waals surface area contributed by atoms with Crippen LogP contribution in [0, 0.1) is 10.1 Å². The van der Waals surface area contributed by atoms with Gasteiger partial charge in [-0.15, -0.1) is 0 Å². The minimum Gasteiger partial charge on any atom is -0.394 e. The van der Waals surface area contributed by atoms with E-state index >= 15 is 0 Å². The van der Waals surface area contributed by atoms with Crippen molar-refractivity contribution in [2.75, 3.05) is 6.61 Å². The zero-order valence-electron chi connectivity index (χ0n) is 7.67. The number of aliphatic hydroxyl groups excluding tert-OH is 1. The molecule has 76 valence electrons. The molecular weight excluding hydrogens is 186 g/mol. The van der Waals surface area contributed by atoms with Crippen LogP contribution in [0.2, 0.25) is 0 Å². The van der Waals surface area contributed by atoms with Crippen molar-refractivity contribution in [1.82, 2.24) is 4.98 Å². The van der Waals surface area contributed by atoms with Gasteiger partial charge < -0.3 is 10.8 Å². The van der Waals surface area contributed by atoms with Crippen LogP contribution in [0.25, 0.3) is 0 Å². The Bertz CT molecular complexity index is 334. The second kappa shape index (κ2) is 3.69. The molecule has 0 bridgehead atoms. The highest BCUT2D eigenvalue weighted by Crippen LogP contribution is 2.17. The van der Waals surface area contributed by atoms with Crippen molar-refractivity contribution in [3.05, 3.63) is 34.1 Å². The summed E-state index contributed by atoms with van der Waals surface area (Å²) < 4.78 is 0. The molecule has 6 nitrogen and oxygen atoms in total. The van der Waals surface area contributed by atoms with Gasteiger partial charge in [-0.3, -0.25) is 15.1 Å². The highest BCUT2D eigenvalue weighted by molar-refractivity contribution is 5.29. The zero-order chi connectivity index (χ0) is 10.8. The molecule has 14 heavy (non-hydrogen) atoms. The third-order valence-corrected chi connectivity index (χ3v) is 1.87. The molecular formula is C8H11N3O3. The summed E-state index contributed by atoms with van der Waals surface area (Å²) in [5.41, 5.74) is 5.04. The predicted octanol–water partition coefficient (Wildman–Crippen LogP) is 0.156. The van der Waals surface area contributed by atoms with Crippen LogP contribution in [-0.4, -0.2) is 21.6 Å². The fraction of sp³-hybridized carbons (Fsp3) is 0.375. The van der Waals surface area contributed by atoms with Crippen LogP contribution in [0.5, 0.6) is 0 Å². The van der Waals surface area contributed by atoms with Gasteiger partial charge >= 0.3 is 0 Å². The summed E-state index contributed by atoms with van der Waals surface area (Å²) in [6.07, 6.45) is 1.12. The molecule has 1 aromatic heterocycles. The van der Waals surface area contributed by atoms with Crippen LogP contribution in [0.15, 0.2) is 18.3 Å². The number of nitrogens with two attached hydrogens (primary N) is 1. The first-order valence-electron chi connectivity index (χ1n) is 3.98. The number of nitro groups is 1. The van der Waals surface area contributed by atoms with Crippen LogP contribution in [0.1, 0.15) is 12.6 Å². The van der Waals surface area contributed by atoms with E-state index in [1.165, 1.54) is 12.1 Å². The summed E-state index contributed by atoms with van der Waals surface area (Å²) >= 11 is 0. The number of hydrogen-bond acceptors (Lipinski definition) is 5. The van der Waals surface area contributed by atoms with Gasteiger partial charge in [0.15, 0.2) is 0 Å². The average molecular weight is 197 g/mol. The summed E-state index contributed by atoms with van der Waals surface area (Å²) in [5.74, 6) is 0. The van der Waals surface area contributed by atoms with Crippen molar-refractivity contribution in [2.24, 2.45) is 5.73 Å². The average Bonchev–Trinajstić information content (AvgIpc) is 2.18. The molecule has 0 unspecified atom stereocenters. The fourth-order valence-electron chi connectivity index (χ4n) is 0.913. The van der Waals surface area contributed by atoms with Crippen LogP contribution >= 0.6 is 0 Å². The fourth-order valence-corrected chi connectivity index (χ4v) is 0.913. The normalized spacial score (nSPS) is 14.8. The second-order valence-corrected chi connectivity index (χ2v) is 3.23. The minimum atomic E-state index is -0.963. The Balaban J connectivity index is 2.99. The van der Waals surface area contributed by atoms with Crippen LogP contribution in [0.3, 0.4) is 0 Å². The second-order valence-electron chi connectivity index (χ2n) is 3.23. The van der Waals surface area contributed by atoms with E-state index in [1.54, 1.807) is 6.92 Å². The molecule has 1 heterocycles. The van der Waals surface area contributed by atoms with Crippen LogP contribution in [0.4, 0.5) is 5.69 Å². The molecule has 0 aliphatic rings. The Morgan fingerprint density at radius 3 is 2.71 bits per heavy atom. The first-order chi connectivity index (χ1) is 6.47. The van der Waals surface area contributed by atoms with E-state index in [9.17, 15) is 10.1 Å². The number of aliphatic hydroxyl groups is 1. The topological polar surface area (TPSA) is 102 Å². The van der Waals surface area contributed by atoms with E-state index in [2.05, 4.69) is 4.98 Å². The van der Waals surface area contributed by atoms with Gasteiger partial charge in [0.05, 0.1) is 22.8 Å². The largest absolute Gasteiger partial charge is 0.394 e. The third-order valence-electron chi connectivity index (χ3n) is 1.87. The summed E-state index contributed by atoms with van der Waals surface area (Å²) in [7, 11) is 0.